The highest BCUT2D eigenvalue weighted by molar-refractivity contribution is 5.28. The summed E-state index contributed by atoms with van der Waals surface area (Å²) in [6.45, 7) is 2.52. The molecule has 0 atom stereocenters. The highest BCUT2D eigenvalue weighted by atomic mass is 16.5. The van der Waals surface area contributed by atoms with Gasteiger partial charge in [0.2, 0.25) is 0 Å². The number of ether oxygens (including phenoxy) is 2. The van der Waals surface area contributed by atoms with Crippen LogP contribution in [0.5, 0.6) is 5.75 Å². The molecule has 0 saturated carbocycles. The van der Waals surface area contributed by atoms with Gasteiger partial charge in [0, 0.05) is 20.1 Å². The highest BCUT2D eigenvalue weighted by Crippen LogP contribution is 2.14. The van der Waals surface area contributed by atoms with E-state index in [2.05, 4.69) is 23.5 Å². The van der Waals surface area contributed by atoms with E-state index in [9.17, 15) is 0 Å². The Kier molecular flexibility index (Phi) is 7.43. The fourth-order valence-corrected chi connectivity index (χ4v) is 1.65. The van der Waals surface area contributed by atoms with E-state index < -0.39 is 0 Å². The molecule has 0 spiro atoms. The van der Waals surface area contributed by atoms with Crippen molar-refractivity contribution >= 4 is 0 Å². The van der Waals surface area contributed by atoms with Crippen LogP contribution in [-0.4, -0.2) is 33.9 Å². The van der Waals surface area contributed by atoms with Crippen molar-refractivity contribution in [1.29, 1.82) is 0 Å². The van der Waals surface area contributed by atoms with Crippen molar-refractivity contribution in [3.63, 3.8) is 0 Å². The lowest BCUT2D eigenvalue weighted by Crippen LogP contribution is -2.08. The Labute approximate surface area is 104 Å². The maximum Gasteiger partial charge on any atom is 0.119 e. The van der Waals surface area contributed by atoms with Crippen molar-refractivity contribution in [2.24, 2.45) is 0 Å². The maximum atomic E-state index is 5.66. The summed E-state index contributed by atoms with van der Waals surface area (Å²) in [5.74, 6) is 0.961. The normalized spacial score (nSPS) is 10.5. The zero-order valence-electron chi connectivity index (χ0n) is 10.9. The third-order valence-corrected chi connectivity index (χ3v) is 2.55. The summed E-state index contributed by atoms with van der Waals surface area (Å²) in [7, 11) is 3.69. The van der Waals surface area contributed by atoms with Crippen LogP contribution in [0.1, 0.15) is 18.4 Å². The van der Waals surface area contributed by atoms with Gasteiger partial charge in [-0.05, 0) is 44.1 Å². The molecule has 1 aromatic carbocycles. The Hall–Kier alpha value is -1.06. The SMILES string of the molecule is CNCCCc1cccc(OCCCOC)c1. The van der Waals surface area contributed by atoms with E-state index in [4.69, 9.17) is 9.47 Å². The van der Waals surface area contributed by atoms with Gasteiger partial charge in [0.1, 0.15) is 5.75 Å². The number of hydrogen-bond acceptors (Lipinski definition) is 3. The second-order valence-electron chi connectivity index (χ2n) is 4.05. The second-order valence-corrected chi connectivity index (χ2v) is 4.05. The summed E-state index contributed by atoms with van der Waals surface area (Å²) < 4.78 is 10.6. The zero-order chi connectivity index (χ0) is 12.3. The summed E-state index contributed by atoms with van der Waals surface area (Å²) in [6, 6.07) is 8.34. The molecule has 0 aliphatic heterocycles. The molecule has 0 aliphatic carbocycles. The predicted octanol–water partition coefficient (Wildman–Crippen LogP) is 2.25. The third-order valence-electron chi connectivity index (χ3n) is 2.55. The van der Waals surface area contributed by atoms with E-state index in [0.717, 1.165) is 38.2 Å². The Morgan fingerprint density at radius 1 is 1.18 bits per heavy atom. The number of hydrogen-bond donors (Lipinski definition) is 1. The van der Waals surface area contributed by atoms with Crippen LogP contribution < -0.4 is 10.1 Å². The first-order chi connectivity index (χ1) is 8.36. The molecule has 3 heteroatoms. The molecule has 1 N–H and O–H groups in total. The first kappa shape index (κ1) is 14.0. The quantitative estimate of drug-likeness (QED) is 0.668. The molecule has 3 nitrogen and oxygen atoms in total. The van der Waals surface area contributed by atoms with Gasteiger partial charge in [-0.2, -0.15) is 0 Å². The van der Waals surface area contributed by atoms with E-state index in [0.29, 0.717) is 6.61 Å². The van der Waals surface area contributed by atoms with E-state index in [1.54, 1.807) is 7.11 Å². The number of benzene rings is 1. The molecule has 0 amide bonds. The van der Waals surface area contributed by atoms with Crippen molar-refractivity contribution in [1.82, 2.24) is 5.32 Å². The number of nitrogens with one attached hydrogen (secondary N) is 1. The van der Waals surface area contributed by atoms with Crippen molar-refractivity contribution in [3.8, 4) is 5.75 Å². The van der Waals surface area contributed by atoms with E-state index in [1.165, 1.54) is 5.56 Å². The van der Waals surface area contributed by atoms with Crippen LogP contribution in [0.4, 0.5) is 0 Å². The minimum absolute atomic E-state index is 0.716. The summed E-state index contributed by atoms with van der Waals surface area (Å²) in [6.07, 6.45) is 3.18. The fourth-order valence-electron chi connectivity index (χ4n) is 1.65. The standard InChI is InChI=1S/C14H23NO2/c1-15-9-4-7-13-6-3-8-14(12-13)17-11-5-10-16-2/h3,6,8,12,15H,4-5,7,9-11H2,1-2H3. The number of aryl methyl sites for hydroxylation is 1. The summed E-state index contributed by atoms with van der Waals surface area (Å²) >= 11 is 0. The van der Waals surface area contributed by atoms with Crippen molar-refractivity contribution in [2.45, 2.75) is 19.3 Å². The van der Waals surface area contributed by atoms with Crippen LogP contribution >= 0.6 is 0 Å². The van der Waals surface area contributed by atoms with Crippen molar-refractivity contribution in [3.05, 3.63) is 29.8 Å². The molecule has 0 bridgehead atoms. The largest absolute Gasteiger partial charge is 0.493 e. The maximum absolute atomic E-state index is 5.66. The van der Waals surface area contributed by atoms with Crippen LogP contribution in [0.2, 0.25) is 0 Å². The molecule has 96 valence electrons. The van der Waals surface area contributed by atoms with E-state index >= 15 is 0 Å². The lowest BCUT2D eigenvalue weighted by atomic mass is 10.1. The van der Waals surface area contributed by atoms with Crippen LogP contribution in [-0.2, 0) is 11.2 Å². The van der Waals surface area contributed by atoms with E-state index in [-0.39, 0.29) is 0 Å². The topological polar surface area (TPSA) is 30.5 Å². The molecule has 0 radical (unpaired) electrons. The van der Waals surface area contributed by atoms with Crippen LogP contribution in [0, 0.1) is 0 Å². The zero-order valence-corrected chi connectivity index (χ0v) is 10.9. The predicted molar refractivity (Wildman–Crippen MR) is 70.7 cm³/mol. The van der Waals surface area contributed by atoms with Gasteiger partial charge in [0.05, 0.1) is 6.61 Å². The minimum atomic E-state index is 0.716. The van der Waals surface area contributed by atoms with Crippen LogP contribution in [0.3, 0.4) is 0 Å². The van der Waals surface area contributed by atoms with E-state index in [1.807, 2.05) is 13.1 Å². The average molecular weight is 237 g/mol. The van der Waals surface area contributed by atoms with Gasteiger partial charge in [-0.15, -0.1) is 0 Å². The van der Waals surface area contributed by atoms with Gasteiger partial charge in [0.15, 0.2) is 0 Å². The Morgan fingerprint density at radius 3 is 2.82 bits per heavy atom. The van der Waals surface area contributed by atoms with Crippen LogP contribution in [0.15, 0.2) is 24.3 Å². The third kappa shape index (κ3) is 6.29. The lowest BCUT2D eigenvalue weighted by Gasteiger charge is -2.07. The van der Waals surface area contributed by atoms with Crippen molar-refractivity contribution in [2.75, 3.05) is 33.9 Å². The molecule has 0 aromatic heterocycles. The van der Waals surface area contributed by atoms with Gasteiger partial charge in [-0.1, -0.05) is 12.1 Å². The van der Waals surface area contributed by atoms with Gasteiger partial charge in [-0.25, -0.2) is 0 Å². The molecular formula is C14H23NO2. The second kappa shape index (κ2) is 9.02. The monoisotopic (exact) mass is 237 g/mol. The number of rotatable bonds is 9. The summed E-state index contributed by atoms with van der Waals surface area (Å²) in [5, 5.41) is 3.16. The molecule has 0 saturated heterocycles. The minimum Gasteiger partial charge on any atom is -0.493 e. The van der Waals surface area contributed by atoms with Gasteiger partial charge in [-0.3, -0.25) is 0 Å². The molecule has 0 aliphatic rings. The lowest BCUT2D eigenvalue weighted by molar-refractivity contribution is 0.172. The molecule has 0 heterocycles. The highest BCUT2D eigenvalue weighted by Gasteiger charge is 1.97. The average Bonchev–Trinajstić information content (AvgIpc) is 2.36. The first-order valence-corrected chi connectivity index (χ1v) is 6.22. The Bertz CT molecular complexity index is 302. The smallest absolute Gasteiger partial charge is 0.119 e. The Morgan fingerprint density at radius 2 is 2.06 bits per heavy atom. The van der Waals surface area contributed by atoms with Gasteiger partial charge >= 0.3 is 0 Å². The molecular weight excluding hydrogens is 214 g/mol. The molecule has 1 rings (SSSR count). The first-order valence-electron chi connectivity index (χ1n) is 6.22. The number of methoxy groups -OCH3 is 1. The van der Waals surface area contributed by atoms with Crippen LogP contribution in [0.25, 0.3) is 0 Å². The van der Waals surface area contributed by atoms with Gasteiger partial charge < -0.3 is 14.8 Å². The van der Waals surface area contributed by atoms with Gasteiger partial charge in [0.25, 0.3) is 0 Å². The summed E-state index contributed by atoms with van der Waals surface area (Å²) in [4.78, 5) is 0. The molecule has 1 aromatic rings. The van der Waals surface area contributed by atoms with Crippen molar-refractivity contribution < 1.29 is 9.47 Å². The molecule has 0 unspecified atom stereocenters. The Balaban J connectivity index is 2.31. The fraction of sp³-hybridized carbons (Fsp3) is 0.571. The summed E-state index contributed by atoms with van der Waals surface area (Å²) in [5.41, 5.74) is 1.34. The molecule has 0 fully saturated rings. The molecule has 17 heavy (non-hydrogen) atoms.